The van der Waals surface area contributed by atoms with E-state index >= 15 is 0 Å². The van der Waals surface area contributed by atoms with Crippen LogP contribution in [0.5, 0.6) is 0 Å². The molecular weight excluding hydrogens is 252 g/mol. The van der Waals surface area contributed by atoms with E-state index in [1.807, 2.05) is 12.1 Å². The van der Waals surface area contributed by atoms with Crippen LogP contribution in [0, 0.1) is 0 Å². The van der Waals surface area contributed by atoms with Gasteiger partial charge in [-0.1, -0.05) is 12.1 Å². The smallest absolute Gasteiger partial charge is 0.323 e. The second-order valence-electron chi connectivity index (χ2n) is 3.94. The zero-order chi connectivity index (χ0) is 13.1. The van der Waals surface area contributed by atoms with Gasteiger partial charge in [0.25, 0.3) is 0 Å². The molecule has 1 aromatic carbocycles. The summed E-state index contributed by atoms with van der Waals surface area (Å²) in [5.41, 5.74) is 0.674. The maximum atomic E-state index is 12.3. The number of carboxylic acids is 1. The molecule has 0 saturated heterocycles. The summed E-state index contributed by atoms with van der Waals surface area (Å²) in [4.78, 5) is 25.4. The second-order valence-corrected chi connectivity index (χ2v) is 5.00. The molecule has 6 heteroatoms. The van der Waals surface area contributed by atoms with Crippen LogP contribution in [0.3, 0.4) is 0 Å². The highest BCUT2D eigenvalue weighted by atomic mass is 32.2. The van der Waals surface area contributed by atoms with Crippen LogP contribution in [0.25, 0.3) is 0 Å². The lowest BCUT2D eigenvalue weighted by molar-refractivity contribution is -0.136. The standard InChI is InChI=1S/C12H14N2O3S/c1-13-8-7-18-10-5-3-2-4-9(10)14(12(8)17)6-11(15)16/h2-5,8,13H,6-7H2,1H3,(H,15,16)/t8-/m0/s1. The maximum Gasteiger partial charge on any atom is 0.323 e. The van der Waals surface area contributed by atoms with Crippen molar-refractivity contribution >= 4 is 29.3 Å². The van der Waals surface area contributed by atoms with E-state index in [0.29, 0.717) is 11.4 Å². The van der Waals surface area contributed by atoms with Crippen molar-refractivity contribution in [2.24, 2.45) is 0 Å². The summed E-state index contributed by atoms with van der Waals surface area (Å²) < 4.78 is 0. The Morgan fingerprint density at radius 2 is 2.28 bits per heavy atom. The number of nitrogens with zero attached hydrogens (tertiary/aromatic N) is 1. The van der Waals surface area contributed by atoms with Crippen molar-refractivity contribution in [1.82, 2.24) is 5.32 Å². The van der Waals surface area contributed by atoms with E-state index in [2.05, 4.69) is 5.32 Å². The number of carbonyl (C=O) groups is 2. The van der Waals surface area contributed by atoms with E-state index < -0.39 is 5.97 Å². The molecule has 0 fully saturated rings. The van der Waals surface area contributed by atoms with Crippen LogP contribution < -0.4 is 10.2 Å². The Kier molecular flexibility index (Phi) is 3.88. The second kappa shape index (κ2) is 5.41. The van der Waals surface area contributed by atoms with E-state index in [1.165, 1.54) is 4.90 Å². The molecule has 0 spiro atoms. The summed E-state index contributed by atoms with van der Waals surface area (Å²) in [6.07, 6.45) is 0. The predicted octanol–water partition coefficient (Wildman–Crippen LogP) is 0.798. The minimum absolute atomic E-state index is 0.197. The first-order valence-corrected chi connectivity index (χ1v) is 6.54. The number of amides is 1. The van der Waals surface area contributed by atoms with E-state index in [-0.39, 0.29) is 18.5 Å². The van der Waals surface area contributed by atoms with Gasteiger partial charge in [-0.2, -0.15) is 0 Å². The third kappa shape index (κ3) is 2.49. The average molecular weight is 266 g/mol. The zero-order valence-electron chi connectivity index (χ0n) is 9.92. The van der Waals surface area contributed by atoms with Gasteiger partial charge < -0.3 is 10.4 Å². The topological polar surface area (TPSA) is 69.6 Å². The van der Waals surface area contributed by atoms with Gasteiger partial charge in [-0.15, -0.1) is 11.8 Å². The van der Waals surface area contributed by atoms with Crippen molar-refractivity contribution < 1.29 is 14.7 Å². The summed E-state index contributed by atoms with van der Waals surface area (Å²) in [7, 11) is 1.71. The van der Waals surface area contributed by atoms with Crippen LogP contribution in [0.15, 0.2) is 29.2 Å². The van der Waals surface area contributed by atoms with Crippen molar-refractivity contribution in [2.75, 3.05) is 24.2 Å². The Labute approximate surface area is 109 Å². The molecule has 1 atom stereocenters. The van der Waals surface area contributed by atoms with Crippen LogP contribution in [-0.2, 0) is 9.59 Å². The number of nitrogens with one attached hydrogen (secondary N) is 1. The summed E-state index contributed by atoms with van der Waals surface area (Å²) in [6, 6.07) is 7.01. The monoisotopic (exact) mass is 266 g/mol. The molecule has 1 heterocycles. The van der Waals surface area contributed by atoms with Crippen LogP contribution in [0.2, 0.25) is 0 Å². The third-order valence-electron chi connectivity index (χ3n) is 2.77. The highest BCUT2D eigenvalue weighted by molar-refractivity contribution is 7.99. The number of para-hydroxylation sites is 1. The van der Waals surface area contributed by atoms with Gasteiger partial charge in [0.1, 0.15) is 6.54 Å². The summed E-state index contributed by atoms with van der Waals surface area (Å²) >= 11 is 1.56. The van der Waals surface area contributed by atoms with Crippen LogP contribution in [0.4, 0.5) is 5.69 Å². The first kappa shape index (κ1) is 12.9. The average Bonchev–Trinajstić information content (AvgIpc) is 2.48. The number of anilines is 1. The number of fused-ring (bicyclic) bond motifs is 1. The Balaban J connectivity index is 2.41. The van der Waals surface area contributed by atoms with Gasteiger partial charge in [-0.05, 0) is 19.2 Å². The summed E-state index contributed by atoms with van der Waals surface area (Å²) in [5, 5.41) is 11.9. The number of rotatable bonds is 3. The lowest BCUT2D eigenvalue weighted by atomic mass is 10.2. The molecule has 0 aromatic heterocycles. The van der Waals surface area contributed by atoms with Crippen molar-refractivity contribution in [3.8, 4) is 0 Å². The maximum absolute atomic E-state index is 12.3. The van der Waals surface area contributed by atoms with E-state index in [9.17, 15) is 9.59 Å². The fraction of sp³-hybridized carbons (Fsp3) is 0.333. The van der Waals surface area contributed by atoms with Gasteiger partial charge in [0.2, 0.25) is 5.91 Å². The fourth-order valence-electron chi connectivity index (χ4n) is 1.86. The molecule has 0 radical (unpaired) electrons. The fourth-order valence-corrected chi connectivity index (χ4v) is 3.01. The van der Waals surface area contributed by atoms with Gasteiger partial charge in [0.15, 0.2) is 0 Å². The number of likely N-dealkylation sites (N-methyl/N-ethyl adjacent to an activating group) is 1. The molecule has 0 aliphatic carbocycles. The zero-order valence-corrected chi connectivity index (χ0v) is 10.7. The van der Waals surface area contributed by atoms with Gasteiger partial charge in [0.05, 0.1) is 11.7 Å². The number of benzene rings is 1. The minimum Gasteiger partial charge on any atom is -0.480 e. The minimum atomic E-state index is -1.01. The number of thioether (sulfide) groups is 1. The third-order valence-corrected chi connectivity index (χ3v) is 3.92. The number of aliphatic carboxylic acids is 1. The van der Waals surface area contributed by atoms with E-state index in [4.69, 9.17) is 5.11 Å². The summed E-state index contributed by atoms with van der Waals surface area (Å²) in [5.74, 6) is -0.611. The van der Waals surface area contributed by atoms with Crippen molar-refractivity contribution in [3.05, 3.63) is 24.3 Å². The Morgan fingerprint density at radius 3 is 2.94 bits per heavy atom. The highest BCUT2D eigenvalue weighted by Crippen LogP contribution is 2.33. The lowest BCUT2D eigenvalue weighted by Gasteiger charge is -2.23. The molecule has 2 N–H and O–H groups in total. The Hall–Kier alpha value is -1.53. The number of hydrogen-bond acceptors (Lipinski definition) is 4. The molecule has 1 aliphatic heterocycles. The van der Waals surface area contributed by atoms with Gasteiger partial charge in [-0.3, -0.25) is 14.5 Å². The van der Waals surface area contributed by atoms with Gasteiger partial charge in [-0.25, -0.2) is 0 Å². The molecule has 1 aromatic rings. The lowest BCUT2D eigenvalue weighted by Crippen LogP contribution is -2.47. The highest BCUT2D eigenvalue weighted by Gasteiger charge is 2.30. The largest absolute Gasteiger partial charge is 0.480 e. The number of carbonyl (C=O) groups excluding carboxylic acids is 1. The molecule has 96 valence electrons. The first-order valence-electron chi connectivity index (χ1n) is 5.55. The molecule has 0 unspecified atom stereocenters. The quantitative estimate of drug-likeness (QED) is 0.847. The normalized spacial score (nSPS) is 19.3. The molecule has 1 amide bonds. The first-order chi connectivity index (χ1) is 8.63. The van der Waals surface area contributed by atoms with Gasteiger partial charge >= 0.3 is 5.97 Å². The SMILES string of the molecule is CN[C@H]1CSc2ccccc2N(CC(=O)O)C1=O. The molecule has 5 nitrogen and oxygen atoms in total. The Morgan fingerprint density at radius 1 is 1.56 bits per heavy atom. The number of hydrogen-bond donors (Lipinski definition) is 2. The summed E-state index contributed by atoms with van der Waals surface area (Å²) in [6.45, 7) is -0.311. The van der Waals surface area contributed by atoms with Crippen molar-refractivity contribution in [2.45, 2.75) is 10.9 Å². The Bertz CT molecular complexity index is 478. The molecule has 1 aliphatic rings. The van der Waals surface area contributed by atoms with Gasteiger partial charge in [0, 0.05) is 10.6 Å². The van der Waals surface area contributed by atoms with Crippen molar-refractivity contribution in [3.63, 3.8) is 0 Å². The van der Waals surface area contributed by atoms with Crippen LogP contribution in [-0.4, -0.2) is 42.4 Å². The predicted molar refractivity (Wildman–Crippen MR) is 70.0 cm³/mol. The molecular formula is C12H14N2O3S. The molecule has 2 rings (SSSR count). The van der Waals surface area contributed by atoms with Crippen LogP contribution >= 0.6 is 11.8 Å². The van der Waals surface area contributed by atoms with Crippen molar-refractivity contribution in [1.29, 1.82) is 0 Å². The number of carboxylic acid groups (broad SMARTS) is 1. The van der Waals surface area contributed by atoms with Crippen LogP contribution in [0.1, 0.15) is 0 Å². The molecule has 18 heavy (non-hydrogen) atoms. The van der Waals surface area contributed by atoms with E-state index in [0.717, 1.165) is 4.90 Å². The van der Waals surface area contributed by atoms with E-state index in [1.54, 1.807) is 30.9 Å². The molecule has 0 bridgehead atoms. The molecule has 0 saturated carbocycles.